The number of rotatable bonds is 7. The zero-order valence-corrected chi connectivity index (χ0v) is 15.6. The number of allylic oxidation sites excluding steroid dienone is 3. The molecule has 0 saturated carbocycles. The average Bonchev–Trinajstić information content (AvgIpc) is 2.62. The Kier molecular flexibility index (Phi) is 7.97. The van der Waals surface area contributed by atoms with Crippen LogP contribution in [0.1, 0.15) is 33.1 Å². The minimum absolute atomic E-state index is 0.0719. The van der Waals surface area contributed by atoms with E-state index < -0.39 is 0 Å². The van der Waals surface area contributed by atoms with Crippen LogP contribution in [0.3, 0.4) is 0 Å². The van der Waals surface area contributed by atoms with Crippen molar-refractivity contribution in [3.63, 3.8) is 0 Å². The van der Waals surface area contributed by atoms with Crippen molar-refractivity contribution in [3.8, 4) is 6.07 Å². The Bertz CT molecular complexity index is 648. The number of hydrogen-bond acceptors (Lipinski definition) is 4. The molecule has 4 heteroatoms. The van der Waals surface area contributed by atoms with E-state index in [1.165, 1.54) is 4.90 Å². The Morgan fingerprint density at radius 3 is 2.84 bits per heavy atom. The molecule has 25 heavy (non-hydrogen) atoms. The highest BCUT2D eigenvalue weighted by Crippen LogP contribution is 2.38. The number of benzene rings is 1. The normalized spacial score (nSPS) is 25.5. The monoisotopic (exact) mass is 355 g/mol. The summed E-state index contributed by atoms with van der Waals surface area (Å²) in [6, 6.07) is 12.6. The second-order valence-electron chi connectivity index (χ2n) is 6.51. The predicted molar refractivity (Wildman–Crippen MR) is 102 cm³/mol. The third-order valence-electron chi connectivity index (χ3n) is 4.35. The minimum Gasteiger partial charge on any atom is -0.363 e. The summed E-state index contributed by atoms with van der Waals surface area (Å²) in [6.45, 7) is 3.92. The van der Waals surface area contributed by atoms with Crippen LogP contribution in [0.15, 0.2) is 59.0 Å². The highest BCUT2D eigenvalue weighted by atomic mass is 32.2. The van der Waals surface area contributed by atoms with Gasteiger partial charge in [-0.2, -0.15) is 5.26 Å². The highest BCUT2D eigenvalue weighted by molar-refractivity contribution is 7.99. The van der Waals surface area contributed by atoms with Crippen molar-refractivity contribution >= 4 is 18.0 Å². The molecular weight excluding hydrogens is 330 g/mol. The molecule has 0 bridgehead atoms. The fraction of sp³-hybridized carbons (Fsp3) is 0.429. The molecule has 0 spiro atoms. The van der Waals surface area contributed by atoms with Gasteiger partial charge in [0.15, 0.2) is 0 Å². The van der Waals surface area contributed by atoms with Crippen LogP contribution in [0.4, 0.5) is 0 Å². The van der Waals surface area contributed by atoms with E-state index in [-0.39, 0.29) is 17.5 Å². The third-order valence-corrected chi connectivity index (χ3v) is 5.47. The molecule has 1 aliphatic rings. The van der Waals surface area contributed by atoms with E-state index >= 15 is 0 Å². The maximum absolute atomic E-state index is 10.7. The Labute approximate surface area is 154 Å². The Morgan fingerprint density at radius 1 is 1.40 bits per heavy atom. The molecule has 0 N–H and O–H groups in total. The number of nitrogens with zero attached hydrogens (tertiary/aromatic N) is 1. The van der Waals surface area contributed by atoms with E-state index in [9.17, 15) is 4.79 Å². The van der Waals surface area contributed by atoms with Gasteiger partial charge in [-0.05, 0) is 43.4 Å². The number of ether oxygens (including phenoxy) is 1. The zero-order valence-electron chi connectivity index (χ0n) is 14.8. The summed E-state index contributed by atoms with van der Waals surface area (Å²) < 4.78 is 6.32. The van der Waals surface area contributed by atoms with Crippen molar-refractivity contribution in [1.29, 1.82) is 5.26 Å². The molecular formula is C21H25NO2S. The van der Waals surface area contributed by atoms with Gasteiger partial charge in [-0.1, -0.05) is 55.1 Å². The third kappa shape index (κ3) is 6.53. The largest absolute Gasteiger partial charge is 0.363 e. The van der Waals surface area contributed by atoms with Gasteiger partial charge in [0.2, 0.25) is 0 Å². The zero-order chi connectivity index (χ0) is 18.1. The number of thioether (sulfide) groups is 1. The van der Waals surface area contributed by atoms with Crippen LogP contribution in [0.25, 0.3) is 0 Å². The van der Waals surface area contributed by atoms with Gasteiger partial charge >= 0.3 is 0 Å². The van der Waals surface area contributed by atoms with Crippen molar-refractivity contribution in [2.75, 3.05) is 0 Å². The van der Waals surface area contributed by atoms with Crippen LogP contribution >= 0.6 is 11.8 Å². The number of carbonyl (C=O) groups excluding carboxylic acids is 1. The lowest BCUT2D eigenvalue weighted by Crippen LogP contribution is -2.34. The average molecular weight is 356 g/mol. The molecule has 2 rings (SSSR count). The first-order chi connectivity index (χ1) is 12.1. The molecule has 0 aliphatic carbocycles. The summed E-state index contributed by atoms with van der Waals surface area (Å²) >= 11 is 1.73. The van der Waals surface area contributed by atoms with E-state index in [0.29, 0.717) is 17.9 Å². The molecule has 1 aromatic rings. The fourth-order valence-electron chi connectivity index (χ4n) is 2.91. The van der Waals surface area contributed by atoms with Crippen LogP contribution in [0.2, 0.25) is 0 Å². The van der Waals surface area contributed by atoms with Crippen LogP contribution < -0.4 is 0 Å². The molecule has 1 fully saturated rings. The van der Waals surface area contributed by atoms with E-state index in [1.54, 1.807) is 18.7 Å². The molecule has 3 nitrogen and oxygen atoms in total. The van der Waals surface area contributed by atoms with Crippen molar-refractivity contribution in [2.45, 2.75) is 49.5 Å². The van der Waals surface area contributed by atoms with Crippen LogP contribution in [0, 0.1) is 23.2 Å². The summed E-state index contributed by atoms with van der Waals surface area (Å²) in [4.78, 5) is 11.8. The Balaban J connectivity index is 2.03. The second-order valence-corrected chi connectivity index (χ2v) is 7.74. The molecule has 1 heterocycles. The maximum atomic E-state index is 10.7. The van der Waals surface area contributed by atoms with Gasteiger partial charge in [-0.25, -0.2) is 0 Å². The SMILES string of the molecule is C/C(C=O)=C\C=C\[C@@H](C)[C@H]1C[C@@H](CC#N)C[C@H](Sc2ccccc2)O1. The van der Waals surface area contributed by atoms with Crippen LogP contribution in [0.5, 0.6) is 0 Å². The van der Waals surface area contributed by atoms with Crippen LogP contribution in [-0.2, 0) is 9.53 Å². The topological polar surface area (TPSA) is 50.1 Å². The quantitative estimate of drug-likeness (QED) is 0.385. The number of carbonyl (C=O) groups is 1. The Hall–Kier alpha value is -1.83. The number of nitriles is 1. The Morgan fingerprint density at radius 2 is 2.16 bits per heavy atom. The van der Waals surface area contributed by atoms with Gasteiger partial charge in [-0.15, -0.1) is 0 Å². The first-order valence-corrected chi connectivity index (χ1v) is 9.54. The summed E-state index contributed by atoms with van der Waals surface area (Å²) in [5.41, 5.74) is 0.774. The molecule has 0 amide bonds. The summed E-state index contributed by atoms with van der Waals surface area (Å²) in [6.07, 6.45) is 9.14. The maximum Gasteiger partial charge on any atom is 0.145 e. The van der Waals surface area contributed by atoms with E-state index in [2.05, 4.69) is 31.2 Å². The smallest absolute Gasteiger partial charge is 0.145 e. The van der Waals surface area contributed by atoms with Gasteiger partial charge in [0.05, 0.1) is 12.2 Å². The van der Waals surface area contributed by atoms with E-state index in [1.807, 2.05) is 30.4 Å². The lowest BCUT2D eigenvalue weighted by Gasteiger charge is -2.36. The first kappa shape index (κ1) is 19.5. The molecule has 132 valence electrons. The summed E-state index contributed by atoms with van der Waals surface area (Å²) in [5, 5.41) is 9.10. The van der Waals surface area contributed by atoms with E-state index in [0.717, 1.165) is 19.1 Å². The van der Waals surface area contributed by atoms with Gasteiger partial charge < -0.3 is 4.74 Å². The predicted octanol–water partition coefficient (Wildman–Crippen LogP) is 5.15. The second kappa shape index (κ2) is 10.2. The number of aldehydes is 1. The van der Waals surface area contributed by atoms with Gasteiger partial charge in [-0.3, -0.25) is 4.79 Å². The van der Waals surface area contributed by atoms with Crippen molar-refractivity contribution in [1.82, 2.24) is 0 Å². The molecule has 1 aliphatic heterocycles. The molecule has 0 aromatic heterocycles. The molecule has 1 aromatic carbocycles. The van der Waals surface area contributed by atoms with E-state index in [4.69, 9.17) is 10.00 Å². The number of hydrogen-bond donors (Lipinski definition) is 0. The van der Waals surface area contributed by atoms with Gasteiger partial charge in [0.25, 0.3) is 0 Å². The van der Waals surface area contributed by atoms with Gasteiger partial charge in [0, 0.05) is 17.2 Å². The lowest BCUT2D eigenvalue weighted by atomic mass is 9.87. The lowest BCUT2D eigenvalue weighted by molar-refractivity contribution is -0.104. The van der Waals surface area contributed by atoms with Crippen molar-refractivity contribution in [2.24, 2.45) is 11.8 Å². The summed E-state index contributed by atoms with van der Waals surface area (Å²) in [7, 11) is 0. The molecule has 1 saturated heterocycles. The fourth-order valence-corrected chi connectivity index (χ4v) is 4.09. The van der Waals surface area contributed by atoms with Crippen LogP contribution in [-0.4, -0.2) is 17.8 Å². The van der Waals surface area contributed by atoms with Crippen molar-refractivity contribution < 1.29 is 9.53 Å². The standard InChI is InChI=1S/C21H25NO2S/c1-16(15-23)7-6-8-17(2)20-13-18(11-12-22)14-21(24-20)25-19-9-4-3-5-10-19/h3-10,15,17-18,20-21H,11,13-14H2,1-2H3/b8-6+,16-7+/t17-,18-,20-,21+/m1/s1. The first-order valence-electron chi connectivity index (χ1n) is 8.66. The molecule has 0 unspecified atom stereocenters. The van der Waals surface area contributed by atoms with Crippen molar-refractivity contribution in [3.05, 3.63) is 54.1 Å². The minimum atomic E-state index is 0.0719. The summed E-state index contributed by atoms with van der Waals surface area (Å²) in [5.74, 6) is 0.601. The molecule has 4 atom stereocenters. The molecule has 0 radical (unpaired) electrons. The highest BCUT2D eigenvalue weighted by Gasteiger charge is 2.32. The van der Waals surface area contributed by atoms with Gasteiger partial charge in [0.1, 0.15) is 11.7 Å².